The van der Waals surface area contributed by atoms with Crippen molar-refractivity contribution in [1.82, 2.24) is 29.5 Å². The number of rotatable bonds is 10. The molecule has 0 saturated heterocycles. The number of nitrogens with zero attached hydrogens (tertiary/aromatic N) is 5. The zero-order valence-electron chi connectivity index (χ0n) is 18.9. The minimum atomic E-state index is -0.164. The molecular weight excluding hydrogens is 392 g/mol. The smallest absolute Gasteiger partial charge is 0.273 e. The number of hydrogen-bond acceptors (Lipinski definition) is 5. The molecule has 166 valence electrons. The Morgan fingerprint density at radius 1 is 1.13 bits per heavy atom. The Kier molecular flexibility index (Phi) is 7.57. The summed E-state index contributed by atoms with van der Waals surface area (Å²) in [5, 5.41) is 7.57. The number of carbonyl (C=O) groups is 1. The van der Waals surface area contributed by atoms with Crippen molar-refractivity contribution in [2.75, 3.05) is 26.2 Å². The number of likely N-dealkylation sites (N-methyl/N-ethyl adjacent to an activating group) is 1. The summed E-state index contributed by atoms with van der Waals surface area (Å²) >= 11 is 0. The molecule has 3 aromatic rings. The number of aryl methyl sites for hydroxylation is 3. The molecule has 2 heterocycles. The van der Waals surface area contributed by atoms with Gasteiger partial charge in [0.2, 0.25) is 5.91 Å². The van der Waals surface area contributed by atoms with Gasteiger partial charge in [-0.15, -0.1) is 0 Å². The molecule has 0 aliphatic heterocycles. The Labute approximate surface area is 182 Å². The van der Waals surface area contributed by atoms with E-state index in [-0.39, 0.29) is 17.9 Å². The van der Waals surface area contributed by atoms with Crippen LogP contribution >= 0.6 is 0 Å². The standard InChI is InChI=1S/C23H32N6O2/c1-5-27(6-2)16-15-24-20(30)14-13-19-23(31)28(7-3)22-21(25-19)17(4)26-29(22)18-11-9-8-10-12-18/h8-12H,5-7,13-16H2,1-4H3,(H,24,30). The Morgan fingerprint density at radius 3 is 2.48 bits per heavy atom. The van der Waals surface area contributed by atoms with Gasteiger partial charge in [0.15, 0.2) is 5.65 Å². The van der Waals surface area contributed by atoms with E-state index in [4.69, 9.17) is 0 Å². The first-order chi connectivity index (χ1) is 15.0. The maximum absolute atomic E-state index is 13.1. The monoisotopic (exact) mass is 424 g/mol. The first-order valence-electron chi connectivity index (χ1n) is 11.0. The molecule has 0 aliphatic carbocycles. The number of benzene rings is 1. The van der Waals surface area contributed by atoms with Crippen LogP contribution in [-0.4, -0.2) is 56.3 Å². The molecule has 0 unspecified atom stereocenters. The molecule has 3 rings (SSSR count). The van der Waals surface area contributed by atoms with Gasteiger partial charge >= 0.3 is 0 Å². The van der Waals surface area contributed by atoms with Crippen LogP contribution in [0.1, 0.15) is 38.6 Å². The van der Waals surface area contributed by atoms with Gasteiger partial charge in [-0.3, -0.25) is 14.2 Å². The summed E-state index contributed by atoms with van der Waals surface area (Å²) in [5.41, 5.74) is 3.26. The maximum atomic E-state index is 13.1. The number of hydrogen-bond donors (Lipinski definition) is 1. The van der Waals surface area contributed by atoms with Crippen LogP contribution in [0.3, 0.4) is 0 Å². The van der Waals surface area contributed by atoms with Crippen LogP contribution in [-0.2, 0) is 17.8 Å². The summed E-state index contributed by atoms with van der Waals surface area (Å²) < 4.78 is 3.47. The number of fused-ring (bicyclic) bond motifs is 1. The highest BCUT2D eigenvalue weighted by Gasteiger charge is 2.19. The Morgan fingerprint density at radius 2 is 1.84 bits per heavy atom. The second kappa shape index (κ2) is 10.3. The highest BCUT2D eigenvalue weighted by molar-refractivity contribution is 5.77. The van der Waals surface area contributed by atoms with Gasteiger partial charge in [0.1, 0.15) is 11.2 Å². The van der Waals surface area contributed by atoms with Gasteiger partial charge < -0.3 is 10.2 Å². The van der Waals surface area contributed by atoms with E-state index in [1.807, 2.05) is 44.2 Å². The zero-order chi connectivity index (χ0) is 22.4. The molecule has 0 atom stereocenters. The molecule has 1 aromatic carbocycles. The van der Waals surface area contributed by atoms with E-state index in [1.165, 1.54) is 0 Å². The van der Waals surface area contributed by atoms with Gasteiger partial charge in [-0.2, -0.15) is 5.10 Å². The quantitative estimate of drug-likeness (QED) is 0.540. The van der Waals surface area contributed by atoms with E-state index >= 15 is 0 Å². The maximum Gasteiger partial charge on any atom is 0.273 e. The highest BCUT2D eigenvalue weighted by Crippen LogP contribution is 2.19. The lowest BCUT2D eigenvalue weighted by molar-refractivity contribution is -0.121. The molecule has 31 heavy (non-hydrogen) atoms. The molecule has 0 spiro atoms. The van der Waals surface area contributed by atoms with Gasteiger partial charge in [-0.1, -0.05) is 32.0 Å². The number of para-hydroxylation sites is 1. The van der Waals surface area contributed by atoms with Crippen molar-refractivity contribution >= 4 is 17.1 Å². The third-order valence-corrected chi connectivity index (χ3v) is 5.55. The molecule has 0 saturated carbocycles. The molecule has 2 aromatic heterocycles. The van der Waals surface area contributed by atoms with Crippen molar-refractivity contribution < 1.29 is 4.79 Å². The van der Waals surface area contributed by atoms with E-state index < -0.39 is 0 Å². The predicted octanol–water partition coefficient (Wildman–Crippen LogP) is 2.30. The van der Waals surface area contributed by atoms with Crippen LogP contribution in [0.25, 0.3) is 16.9 Å². The minimum Gasteiger partial charge on any atom is -0.355 e. The molecule has 8 heteroatoms. The van der Waals surface area contributed by atoms with Crippen LogP contribution in [0, 0.1) is 6.92 Å². The molecule has 0 bridgehead atoms. The van der Waals surface area contributed by atoms with Gasteiger partial charge in [-0.05, 0) is 39.1 Å². The molecular formula is C23H32N6O2. The van der Waals surface area contributed by atoms with Crippen LogP contribution in [0.4, 0.5) is 0 Å². The molecule has 0 radical (unpaired) electrons. The first kappa shape index (κ1) is 22.7. The Balaban J connectivity index is 1.81. The second-order valence-corrected chi connectivity index (χ2v) is 7.49. The summed E-state index contributed by atoms with van der Waals surface area (Å²) in [7, 11) is 0. The lowest BCUT2D eigenvalue weighted by Crippen LogP contribution is -2.35. The summed E-state index contributed by atoms with van der Waals surface area (Å²) in [6.07, 6.45) is 0.545. The molecule has 1 amide bonds. The third-order valence-electron chi connectivity index (χ3n) is 5.55. The average Bonchev–Trinajstić information content (AvgIpc) is 3.12. The van der Waals surface area contributed by atoms with Crippen molar-refractivity contribution in [2.45, 2.75) is 47.1 Å². The summed E-state index contributed by atoms with van der Waals surface area (Å²) in [5.74, 6) is -0.0618. The van der Waals surface area contributed by atoms with E-state index in [9.17, 15) is 9.59 Å². The van der Waals surface area contributed by atoms with Gasteiger partial charge in [0.05, 0.1) is 11.4 Å². The fourth-order valence-electron chi connectivity index (χ4n) is 3.73. The SMILES string of the molecule is CCN(CC)CCNC(=O)CCc1nc2c(C)nn(-c3ccccc3)c2n(CC)c1=O. The Bertz CT molecular complexity index is 1080. The zero-order valence-corrected chi connectivity index (χ0v) is 18.9. The normalized spacial score (nSPS) is 11.4. The van der Waals surface area contributed by atoms with Crippen molar-refractivity contribution in [3.05, 3.63) is 52.1 Å². The number of amides is 1. The fraction of sp³-hybridized carbons (Fsp3) is 0.478. The number of aromatic nitrogens is 4. The van der Waals surface area contributed by atoms with Crippen LogP contribution in [0.2, 0.25) is 0 Å². The van der Waals surface area contributed by atoms with E-state index in [0.717, 1.165) is 31.0 Å². The fourth-order valence-corrected chi connectivity index (χ4v) is 3.73. The van der Waals surface area contributed by atoms with Crippen LogP contribution in [0.5, 0.6) is 0 Å². The van der Waals surface area contributed by atoms with Crippen molar-refractivity contribution in [1.29, 1.82) is 0 Å². The second-order valence-electron chi connectivity index (χ2n) is 7.49. The number of carbonyl (C=O) groups excluding carboxylic acids is 1. The van der Waals surface area contributed by atoms with Crippen LogP contribution < -0.4 is 10.9 Å². The van der Waals surface area contributed by atoms with Crippen molar-refractivity contribution in [3.63, 3.8) is 0 Å². The summed E-state index contributed by atoms with van der Waals surface area (Å²) in [4.78, 5) is 32.3. The third kappa shape index (κ3) is 5.02. The topological polar surface area (TPSA) is 85.1 Å². The number of nitrogens with one attached hydrogen (secondary N) is 1. The first-order valence-corrected chi connectivity index (χ1v) is 11.0. The predicted molar refractivity (Wildman–Crippen MR) is 123 cm³/mol. The van der Waals surface area contributed by atoms with Crippen molar-refractivity contribution in [2.24, 2.45) is 0 Å². The minimum absolute atomic E-state index is 0.0618. The van der Waals surface area contributed by atoms with E-state index in [2.05, 4.69) is 34.1 Å². The van der Waals surface area contributed by atoms with Gasteiger partial charge in [0.25, 0.3) is 5.56 Å². The van der Waals surface area contributed by atoms with E-state index in [0.29, 0.717) is 36.4 Å². The van der Waals surface area contributed by atoms with Gasteiger partial charge in [-0.25, -0.2) is 9.67 Å². The summed E-state index contributed by atoms with van der Waals surface area (Å²) in [6, 6.07) is 9.72. The highest BCUT2D eigenvalue weighted by atomic mass is 16.1. The molecule has 1 N–H and O–H groups in total. The lowest BCUT2D eigenvalue weighted by atomic mass is 10.2. The molecule has 8 nitrogen and oxygen atoms in total. The van der Waals surface area contributed by atoms with Crippen LogP contribution in [0.15, 0.2) is 35.1 Å². The van der Waals surface area contributed by atoms with E-state index in [1.54, 1.807) is 9.25 Å². The van der Waals surface area contributed by atoms with Gasteiger partial charge in [0, 0.05) is 32.5 Å². The summed E-state index contributed by atoms with van der Waals surface area (Å²) in [6.45, 7) is 11.9. The average molecular weight is 425 g/mol. The largest absolute Gasteiger partial charge is 0.355 e. The lowest BCUT2D eigenvalue weighted by Gasteiger charge is -2.17. The van der Waals surface area contributed by atoms with Crippen molar-refractivity contribution in [3.8, 4) is 5.69 Å². The molecule has 0 aliphatic rings. The molecule has 0 fully saturated rings. The Hall–Kier alpha value is -3.00.